The number of amides is 1. The highest BCUT2D eigenvalue weighted by atomic mass is 16.5. The number of rotatable bonds is 50. The molecule has 6 nitrogen and oxygen atoms in total. The third kappa shape index (κ3) is 43.5. The predicted molar refractivity (Wildman–Crippen MR) is 260 cm³/mol. The molecule has 1 amide bonds. The van der Waals surface area contributed by atoms with E-state index in [1.807, 2.05) is 0 Å². The number of aliphatic hydroxyl groups is 2. The van der Waals surface area contributed by atoms with E-state index in [2.05, 4.69) is 26.1 Å². The molecule has 0 aliphatic carbocycles. The first-order valence-electron chi connectivity index (χ1n) is 27.3. The highest BCUT2D eigenvalue weighted by Crippen LogP contribution is 2.19. The zero-order valence-electron chi connectivity index (χ0n) is 40.9. The highest BCUT2D eigenvalue weighted by molar-refractivity contribution is 5.77. The molecule has 358 valence electrons. The number of unbranched alkanes of at least 4 members (excludes halogenated alkanes) is 38. The van der Waals surface area contributed by atoms with Gasteiger partial charge in [0.1, 0.15) is 6.10 Å². The van der Waals surface area contributed by atoms with E-state index in [-0.39, 0.29) is 24.9 Å². The normalized spacial score (nSPS) is 13.1. The van der Waals surface area contributed by atoms with Crippen LogP contribution in [0.2, 0.25) is 0 Å². The van der Waals surface area contributed by atoms with E-state index in [1.165, 1.54) is 225 Å². The van der Waals surface area contributed by atoms with Crippen molar-refractivity contribution in [2.45, 2.75) is 328 Å². The zero-order chi connectivity index (χ0) is 43.8. The molecule has 0 radical (unpaired) electrons. The summed E-state index contributed by atoms with van der Waals surface area (Å²) in [6.07, 6.45) is 53.0. The lowest BCUT2D eigenvalue weighted by molar-refractivity contribution is -0.151. The quantitative estimate of drug-likeness (QED) is 0.0419. The van der Waals surface area contributed by atoms with E-state index in [1.54, 1.807) is 0 Å². The van der Waals surface area contributed by atoms with Gasteiger partial charge in [0.25, 0.3) is 0 Å². The van der Waals surface area contributed by atoms with Gasteiger partial charge in [-0.25, -0.2) is 0 Å². The summed E-state index contributed by atoms with van der Waals surface area (Å²) in [5.41, 5.74) is 0. The van der Waals surface area contributed by atoms with E-state index in [9.17, 15) is 19.8 Å². The van der Waals surface area contributed by atoms with Crippen LogP contribution >= 0.6 is 0 Å². The second kappa shape index (κ2) is 48.9. The Bertz CT molecular complexity index is 867. The molecule has 3 atom stereocenters. The van der Waals surface area contributed by atoms with Crippen molar-refractivity contribution in [3.8, 4) is 0 Å². The molecule has 6 heteroatoms. The van der Waals surface area contributed by atoms with Gasteiger partial charge >= 0.3 is 5.97 Å². The molecule has 3 unspecified atom stereocenters. The molecule has 0 spiro atoms. The first-order valence-corrected chi connectivity index (χ1v) is 27.3. The number of esters is 1. The lowest BCUT2D eigenvalue weighted by Crippen LogP contribution is -2.46. The fraction of sp³-hybridized carbons (Fsp3) is 0.963. The third-order valence-electron chi connectivity index (χ3n) is 12.9. The molecule has 0 saturated carbocycles. The van der Waals surface area contributed by atoms with Crippen molar-refractivity contribution < 1.29 is 24.5 Å². The molecule has 3 N–H and O–H groups in total. The van der Waals surface area contributed by atoms with E-state index in [4.69, 9.17) is 4.74 Å². The number of hydrogen-bond acceptors (Lipinski definition) is 5. The van der Waals surface area contributed by atoms with Crippen LogP contribution in [0, 0.1) is 0 Å². The van der Waals surface area contributed by atoms with Gasteiger partial charge in [0.2, 0.25) is 5.91 Å². The molecule has 0 aliphatic heterocycles. The van der Waals surface area contributed by atoms with Gasteiger partial charge in [0.05, 0.1) is 25.2 Å². The molecule has 0 aliphatic rings. The fourth-order valence-electron chi connectivity index (χ4n) is 8.79. The van der Waals surface area contributed by atoms with E-state index >= 15 is 0 Å². The molecular weight excluding hydrogens is 743 g/mol. The molecule has 0 aromatic carbocycles. The number of carbonyl (C=O) groups is 2. The fourth-order valence-corrected chi connectivity index (χ4v) is 8.79. The van der Waals surface area contributed by atoms with Crippen molar-refractivity contribution in [3.63, 3.8) is 0 Å². The van der Waals surface area contributed by atoms with Gasteiger partial charge < -0.3 is 20.3 Å². The van der Waals surface area contributed by atoms with Gasteiger partial charge in [-0.15, -0.1) is 0 Å². The van der Waals surface area contributed by atoms with Crippen LogP contribution in [0.15, 0.2) is 0 Å². The summed E-state index contributed by atoms with van der Waals surface area (Å²) < 4.78 is 5.95. The highest BCUT2D eigenvalue weighted by Gasteiger charge is 2.24. The molecule has 0 heterocycles. The topological polar surface area (TPSA) is 95.9 Å². The Morgan fingerprint density at radius 2 is 0.700 bits per heavy atom. The molecule has 0 saturated heterocycles. The number of carbonyl (C=O) groups excluding carboxylic acids is 2. The van der Waals surface area contributed by atoms with Crippen LogP contribution in [-0.4, -0.2) is 46.9 Å². The van der Waals surface area contributed by atoms with Crippen molar-refractivity contribution in [1.82, 2.24) is 5.32 Å². The van der Waals surface area contributed by atoms with Crippen molar-refractivity contribution in [1.29, 1.82) is 0 Å². The standard InChI is InChI=1S/C54H107NO5/c1-4-7-10-13-16-19-22-25-26-27-29-30-33-36-39-42-45-50(60-54(59)47-44-41-38-35-32-24-21-18-15-12-9-6-3)48-53(58)55-51(49-56)52(57)46-43-40-37-34-31-28-23-20-17-14-11-8-5-2/h50-52,56-57H,4-49H2,1-3H3,(H,55,58). The number of hydrogen-bond donors (Lipinski definition) is 3. The number of aliphatic hydroxyl groups excluding tert-OH is 2. The molecule has 60 heavy (non-hydrogen) atoms. The first-order chi connectivity index (χ1) is 29.5. The van der Waals surface area contributed by atoms with Crippen molar-refractivity contribution in [3.05, 3.63) is 0 Å². The Morgan fingerprint density at radius 3 is 1.02 bits per heavy atom. The summed E-state index contributed by atoms with van der Waals surface area (Å²) in [6, 6.07) is -0.692. The summed E-state index contributed by atoms with van der Waals surface area (Å²) in [5.74, 6) is -0.448. The molecule has 0 aromatic rings. The monoisotopic (exact) mass is 850 g/mol. The molecule has 0 fully saturated rings. The van der Waals surface area contributed by atoms with Crippen molar-refractivity contribution >= 4 is 11.9 Å². The minimum absolute atomic E-state index is 0.0882. The number of nitrogens with one attached hydrogen (secondary N) is 1. The average molecular weight is 850 g/mol. The Hall–Kier alpha value is -1.14. The Morgan fingerprint density at radius 1 is 0.417 bits per heavy atom. The minimum atomic E-state index is -0.779. The SMILES string of the molecule is CCCCCCCCCCCCCCCCCCC(CC(=O)NC(CO)C(O)CCCCCCCCCCCCCCC)OC(=O)CCCCCCCCCCCCCC. The Labute approximate surface area is 375 Å². The van der Waals surface area contributed by atoms with Crippen molar-refractivity contribution in [2.24, 2.45) is 0 Å². The second-order valence-corrected chi connectivity index (χ2v) is 19.0. The lowest BCUT2D eigenvalue weighted by atomic mass is 10.0. The maximum absolute atomic E-state index is 13.2. The molecular formula is C54H107NO5. The summed E-state index contributed by atoms with van der Waals surface area (Å²) >= 11 is 0. The van der Waals surface area contributed by atoms with Gasteiger partial charge in [0, 0.05) is 6.42 Å². The minimum Gasteiger partial charge on any atom is -0.462 e. The van der Waals surface area contributed by atoms with Gasteiger partial charge in [-0.1, -0.05) is 271 Å². The van der Waals surface area contributed by atoms with E-state index in [0.717, 1.165) is 38.5 Å². The lowest BCUT2D eigenvalue weighted by Gasteiger charge is -2.24. The maximum atomic E-state index is 13.2. The summed E-state index contributed by atoms with van der Waals surface area (Å²) in [6.45, 7) is 6.52. The summed E-state index contributed by atoms with van der Waals surface area (Å²) in [4.78, 5) is 26.2. The van der Waals surface area contributed by atoms with Crippen LogP contribution in [0.1, 0.15) is 310 Å². The van der Waals surface area contributed by atoms with Crippen LogP contribution in [0.4, 0.5) is 0 Å². The van der Waals surface area contributed by atoms with Crippen LogP contribution in [0.5, 0.6) is 0 Å². The van der Waals surface area contributed by atoms with Gasteiger partial charge in [-0.3, -0.25) is 9.59 Å². The smallest absolute Gasteiger partial charge is 0.306 e. The summed E-state index contributed by atoms with van der Waals surface area (Å²) in [7, 11) is 0. The third-order valence-corrected chi connectivity index (χ3v) is 12.9. The van der Waals surface area contributed by atoms with Gasteiger partial charge in [-0.05, 0) is 25.7 Å². The molecule has 0 bridgehead atoms. The second-order valence-electron chi connectivity index (χ2n) is 19.0. The molecule has 0 rings (SSSR count). The van der Waals surface area contributed by atoms with Gasteiger partial charge in [0.15, 0.2) is 0 Å². The van der Waals surface area contributed by atoms with Crippen LogP contribution in [0.3, 0.4) is 0 Å². The van der Waals surface area contributed by atoms with Crippen LogP contribution in [0.25, 0.3) is 0 Å². The largest absolute Gasteiger partial charge is 0.462 e. The van der Waals surface area contributed by atoms with Crippen molar-refractivity contribution in [2.75, 3.05) is 6.61 Å². The Balaban J connectivity index is 4.50. The number of ether oxygens (including phenoxy) is 1. The maximum Gasteiger partial charge on any atom is 0.306 e. The van der Waals surface area contributed by atoms with Gasteiger partial charge in [-0.2, -0.15) is 0 Å². The summed E-state index contributed by atoms with van der Waals surface area (Å²) in [5, 5.41) is 23.8. The van der Waals surface area contributed by atoms with E-state index in [0.29, 0.717) is 19.3 Å². The zero-order valence-corrected chi connectivity index (χ0v) is 40.9. The predicted octanol–water partition coefficient (Wildman–Crippen LogP) is 16.4. The Kier molecular flexibility index (Phi) is 48.0. The first kappa shape index (κ1) is 58.9. The van der Waals surface area contributed by atoms with E-state index < -0.39 is 18.2 Å². The average Bonchev–Trinajstić information content (AvgIpc) is 3.24. The van der Waals surface area contributed by atoms with Crippen LogP contribution < -0.4 is 5.32 Å². The van der Waals surface area contributed by atoms with Crippen LogP contribution in [-0.2, 0) is 14.3 Å². The molecule has 0 aromatic heterocycles.